The fraction of sp³-hybridized carbons (Fsp3) is 0.588. The third-order valence-electron chi connectivity index (χ3n) is 3.81. The van der Waals surface area contributed by atoms with E-state index >= 15 is 0 Å². The minimum Gasteiger partial charge on any atom is -0.354 e. The molecule has 0 spiro atoms. The molecule has 0 bridgehead atoms. The Bertz CT molecular complexity index is 452. The summed E-state index contributed by atoms with van der Waals surface area (Å²) in [5.41, 5.74) is 6.80. The zero-order chi connectivity index (χ0) is 16.0. The van der Waals surface area contributed by atoms with Crippen molar-refractivity contribution in [2.75, 3.05) is 6.54 Å². The third-order valence-corrected chi connectivity index (χ3v) is 3.81. The van der Waals surface area contributed by atoms with Crippen LogP contribution in [0.3, 0.4) is 0 Å². The lowest BCUT2D eigenvalue weighted by molar-refractivity contribution is -0.125. The number of halogens is 2. The second kappa shape index (κ2) is 10.9. The second-order valence-corrected chi connectivity index (χ2v) is 6.53. The molecule has 1 aromatic carbocycles. The number of nitrogens with two attached hydrogens (primary N) is 1. The van der Waals surface area contributed by atoms with Gasteiger partial charge in [0, 0.05) is 30.1 Å². The standard InChI is InChI=1S/C17H29N3O.2ClH/c1-12(13(2)18)16(21)19-11-17(4,5)20-14(3)15-9-7-6-8-10-15;;/h6-10,12-14,20H,11,18H2,1-5H3,(H,19,21);2*1H. The number of nitrogens with one attached hydrogen (secondary N) is 2. The molecule has 0 aliphatic carbocycles. The summed E-state index contributed by atoms with van der Waals surface area (Å²) in [6.07, 6.45) is 0. The molecule has 0 saturated heterocycles. The van der Waals surface area contributed by atoms with Gasteiger partial charge in [0.2, 0.25) is 5.91 Å². The molecule has 134 valence electrons. The zero-order valence-electron chi connectivity index (χ0n) is 14.6. The van der Waals surface area contributed by atoms with E-state index in [4.69, 9.17) is 5.73 Å². The normalized spacial score (nSPS) is 14.7. The van der Waals surface area contributed by atoms with E-state index in [0.717, 1.165) is 0 Å². The largest absolute Gasteiger partial charge is 0.354 e. The van der Waals surface area contributed by atoms with Crippen LogP contribution in [0.4, 0.5) is 0 Å². The van der Waals surface area contributed by atoms with Crippen molar-refractivity contribution in [3.63, 3.8) is 0 Å². The van der Waals surface area contributed by atoms with Gasteiger partial charge in [-0.25, -0.2) is 0 Å². The summed E-state index contributed by atoms with van der Waals surface area (Å²) in [5, 5.41) is 6.53. The van der Waals surface area contributed by atoms with Crippen molar-refractivity contribution < 1.29 is 4.79 Å². The number of hydrogen-bond acceptors (Lipinski definition) is 3. The highest BCUT2D eigenvalue weighted by Gasteiger charge is 2.23. The monoisotopic (exact) mass is 363 g/mol. The molecule has 3 atom stereocenters. The van der Waals surface area contributed by atoms with Crippen LogP contribution in [-0.4, -0.2) is 24.0 Å². The van der Waals surface area contributed by atoms with E-state index < -0.39 is 0 Å². The van der Waals surface area contributed by atoms with Gasteiger partial charge in [0.15, 0.2) is 0 Å². The van der Waals surface area contributed by atoms with E-state index in [0.29, 0.717) is 6.54 Å². The van der Waals surface area contributed by atoms with Crippen LogP contribution in [0.15, 0.2) is 30.3 Å². The number of carbonyl (C=O) groups is 1. The van der Waals surface area contributed by atoms with Gasteiger partial charge in [-0.05, 0) is 33.3 Å². The Balaban J connectivity index is 0. The third kappa shape index (κ3) is 8.56. The fourth-order valence-electron chi connectivity index (χ4n) is 2.17. The summed E-state index contributed by atoms with van der Waals surface area (Å²) in [7, 11) is 0. The molecule has 0 radical (unpaired) electrons. The lowest BCUT2D eigenvalue weighted by Gasteiger charge is -2.31. The van der Waals surface area contributed by atoms with Gasteiger partial charge in [0.05, 0.1) is 0 Å². The Hall–Kier alpha value is -0.810. The molecule has 0 aromatic heterocycles. The molecule has 1 amide bonds. The molecule has 0 aliphatic rings. The quantitative estimate of drug-likeness (QED) is 0.697. The lowest BCUT2D eigenvalue weighted by atomic mass is 9.99. The van der Waals surface area contributed by atoms with E-state index in [2.05, 4.69) is 43.5 Å². The van der Waals surface area contributed by atoms with E-state index in [1.807, 2.05) is 32.0 Å². The summed E-state index contributed by atoms with van der Waals surface area (Å²) in [5.74, 6) is -0.167. The molecule has 4 N–H and O–H groups in total. The summed E-state index contributed by atoms with van der Waals surface area (Å²) >= 11 is 0. The first kappa shape index (κ1) is 24.4. The van der Waals surface area contributed by atoms with Crippen molar-refractivity contribution in [2.24, 2.45) is 11.7 Å². The van der Waals surface area contributed by atoms with E-state index in [1.165, 1.54) is 5.56 Å². The first-order valence-electron chi connectivity index (χ1n) is 7.59. The SMILES string of the molecule is CC(NC(C)(C)CNC(=O)C(C)C(C)N)c1ccccc1.Cl.Cl. The minimum atomic E-state index is -0.192. The van der Waals surface area contributed by atoms with Crippen LogP contribution in [0, 0.1) is 5.92 Å². The molecular formula is C17H31Cl2N3O. The highest BCUT2D eigenvalue weighted by molar-refractivity contribution is 5.85. The van der Waals surface area contributed by atoms with Gasteiger partial charge >= 0.3 is 0 Å². The maximum Gasteiger partial charge on any atom is 0.224 e. The topological polar surface area (TPSA) is 67.1 Å². The van der Waals surface area contributed by atoms with Crippen molar-refractivity contribution in [1.29, 1.82) is 0 Å². The molecule has 23 heavy (non-hydrogen) atoms. The molecule has 3 unspecified atom stereocenters. The summed E-state index contributed by atoms with van der Waals surface area (Å²) in [6, 6.07) is 10.4. The van der Waals surface area contributed by atoms with E-state index in [-0.39, 0.29) is 54.3 Å². The highest BCUT2D eigenvalue weighted by atomic mass is 35.5. The zero-order valence-corrected chi connectivity index (χ0v) is 16.3. The van der Waals surface area contributed by atoms with Gasteiger partial charge < -0.3 is 16.4 Å². The van der Waals surface area contributed by atoms with Gasteiger partial charge in [-0.3, -0.25) is 4.79 Å². The first-order chi connectivity index (χ1) is 9.73. The number of rotatable bonds is 7. The minimum absolute atomic E-state index is 0. The van der Waals surface area contributed by atoms with Crippen molar-refractivity contribution in [1.82, 2.24) is 10.6 Å². The van der Waals surface area contributed by atoms with Crippen LogP contribution in [0.2, 0.25) is 0 Å². The Morgan fingerprint density at radius 1 is 1.13 bits per heavy atom. The van der Waals surface area contributed by atoms with Crippen molar-refractivity contribution in [2.45, 2.75) is 52.2 Å². The molecule has 0 aliphatic heterocycles. The molecule has 6 heteroatoms. The number of carbonyl (C=O) groups excluding carboxylic acids is 1. The predicted molar refractivity (Wildman–Crippen MR) is 102 cm³/mol. The van der Waals surface area contributed by atoms with Gasteiger partial charge in [-0.2, -0.15) is 0 Å². The van der Waals surface area contributed by atoms with Gasteiger partial charge in [0.1, 0.15) is 0 Å². The van der Waals surface area contributed by atoms with Crippen molar-refractivity contribution >= 4 is 30.7 Å². The van der Waals surface area contributed by atoms with Gasteiger partial charge in [0.25, 0.3) is 0 Å². The van der Waals surface area contributed by atoms with Crippen LogP contribution >= 0.6 is 24.8 Å². The molecule has 4 nitrogen and oxygen atoms in total. The smallest absolute Gasteiger partial charge is 0.224 e. The van der Waals surface area contributed by atoms with E-state index in [1.54, 1.807) is 0 Å². The maximum absolute atomic E-state index is 12.0. The van der Waals surface area contributed by atoms with Crippen LogP contribution in [0.5, 0.6) is 0 Å². The van der Waals surface area contributed by atoms with Gasteiger partial charge in [-0.1, -0.05) is 37.3 Å². The van der Waals surface area contributed by atoms with Crippen molar-refractivity contribution in [3.05, 3.63) is 35.9 Å². The summed E-state index contributed by atoms with van der Waals surface area (Å²) in [6.45, 7) is 10.6. The number of benzene rings is 1. The molecule has 1 aromatic rings. The van der Waals surface area contributed by atoms with Gasteiger partial charge in [-0.15, -0.1) is 24.8 Å². The second-order valence-electron chi connectivity index (χ2n) is 6.53. The molecule has 1 rings (SSSR count). The fourth-order valence-corrected chi connectivity index (χ4v) is 2.17. The van der Waals surface area contributed by atoms with Crippen LogP contribution in [0.25, 0.3) is 0 Å². The average molecular weight is 364 g/mol. The summed E-state index contributed by atoms with van der Waals surface area (Å²) in [4.78, 5) is 12.0. The molecule has 0 saturated carbocycles. The first-order valence-corrected chi connectivity index (χ1v) is 7.59. The average Bonchev–Trinajstić information content (AvgIpc) is 2.44. The number of hydrogen-bond donors (Lipinski definition) is 3. The maximum atomic E-state index is 12.0. The highest BCUT2D eigenvalue weighted by Crippen LogP contribution is 2.15. The van der Waals surface area contributed by atoms with Crippen LogP contribution in [0.1, 0.15) is 46.2 Å². The number of amides is 1. The Labute approximate surface area is 152 Å². The van der Waals surface area contributed by atoms with Crippen molar-refractivity contribution in [3.8, 4) is 0 Å². The Kier molecular flexibility index (Phi) is 11.6. The van der Waals surface area contributed by atoms with E-state index in [9.17, 15) is 4.79 Å². The lowest BCUT2D eigenvalue weighted by Crippen LogP contribution is -2.51. The predicted octanol–water partition coefficient (Wildman–Crippen LogP) is 3.06. The summed E-state index contributed by atoms with van der Waals surface area (Å²) < 4.78 is 0. The van der Waals surface area contributed by atoms with Crippen LogP contribution < -0.4 is 16.4 Å². The van der Waals surface area contributed by atoms with Crippen LogP contribution in [-0.2, 0) is 4.79 Å². The molecule has 0 heterocycles. The molecule has 0 fully saturated rings. The Morgan fingerprint density at radius 3 is 2.13 bits per heavy atom. The molecular weight excluding hydrogens is 333 g/mol. The Morgan fingerprint density at radius 2 is 1.65 bits per heavy atom.